The van der Waals surface area contributed by atoms with Gasteiger partial charge in [-0.05, 0) is 24.1 Å². The summed E-state index contributed by atoms with van der Waals surface area (Å²) < 4.78 is 10.7. The van der Waals surface area contributed by atoms with Gasteiger partial charge >= 0.3 is 0 Å². The number of aromatic nitrogens is 2. The highest BCUT2D eigenvalue weighted by molar-refractivity contribution is 7.18. The lowest BCUT2D eigenvalue weighted by Gasteiger charge is -2.22. The molecule has 144 valence electrons. The zero-order valence-corrected chi connectivity index (χ0v) is 16.3. The highest BCUT2D eigenvalue weighted by Crippen LogP contribution is 2.37. The van der Waals surface area contributed by atoms with Gasteiger partial charge in [0.15, 0.2) is 11.5 Å². The van der Waals surface area contributed by atoms with Crippen molar-refractivity contribution in [3.63, 3.8) is 0 Å². The average molecular weight is 390 g/mol. The van der Waals surface area contributed by atoms with Crippen LogP contribution in [0.2, 0.25) is 0 Å². The fourth-order valence-electron chi connectivity index (χ4n) is 2.58. The fraction of sp³-hybridized carbons (Fsp3) is 0.444. The van der Waals surface area contributed by atoms with Gasteiger partial charge < -0.3 is 14.8 Å². The molecule has 8 nitrogen and oxygen atoms in total. The van der Waals surface area contributed by atoms with Gasteiger partial charge in [0, 0.05) is 12.0 Å². The van der Waals surface area contributed by atoms with Crippen LogP contribution in [0.4, 0.5) is 5.13 Å². The smallest absolute Gasteiger partial charge is 0.249 e. The van der Waals surface area contributed by atoms with E-state index in [1.54, 1.807) is 6.92 Å². The van der Waals surface area contributed by atoms with E-state index in [9.17, 15) is 9.59 Å². The van der Waals surface area contributed by atoms with Gasteiger partial charge in [0.1, 0.15) is 11.0 Å². The van der Waals surface area contributed by atoms with Crippen molar-refractivity contribution < 1.29 is 19.1 Å². The summed E-state index contributed by atoms with van der Waals surface area (Å²) in [6.07, 6.45) is 1.09. The maximum absolute atomic E-state index is 12.6. The van der Waals surface area contributed by atoms with Crippen molar-refractivity contribution in [2.75, 3.05) is 12.1 Å². The third-order valence-electron chi connectivity index (χ3n) is 4.41. The molecule has 1 aliphatic heterocycles. The Bertz CT molecular complexity index is 839. The number of benzene rings is 1. The SMILES string of the molecule is CCC(=O)N[C@H](C(=O)Nc1nnc(-c2ccc3c(c2)OCO3)s1)[C@@H](C)CC. The largest absolute Gasteiger partial charge is 0.454 e. The highest BCUT2D eigenvalue weighted by atomic mass is 32.1. The summed E-state index contributed by atoms with van der Waals surface area (Å²) >= 11 is 1.26. The standard InChI is InChI=1S/C18H22N4O4S/c1-4-10(3)15(19-14(23)5-2)16(24)20-18-22-21-17(27-18)11-6-7-12-13(8-11)26-9-25-12/h6-8,10,15H,4-5,9H2,1-3H3,(H,19,23)(H,20,22,24)/t10-,15-/m0/s1. The fourth-order valence-corrected chi connectivity index (χ4v) is 3.32. The average Bonchev–Trinajstić information content (AvgIpc) is 3.33. The van der Waals surface area contributed by atoms with Crippen molar-refractivity contribution in [2.45, 2.75) is 39.7 Å². The van der Waals surface area contributed by atoms with Crippen molar-refractivity contribution in [3.8, 4) is 22.1 Å². The van der Waals surface area contributed by atoms with E-state index in [-0.39, 0.29) is 24.5 Å². The minimum Gasteiger partial charge on any atom is -0.454 e. The van der Waals surface area contributed by atoms with Gasteiger partial charge in [-0.15, -0.1) is 10.2 Å². The summed E-state index contributed by atoms with van der Waals surface area (Å²) in [6, 6.07) is 4.90. The number of nitrogens with zero attached hydrogens (tertiary/aromatic N) is 2. The molecule has 3 rings (SSSR count). The first kappa shape index (κ1) is 19.1. The molecule has 2 N–H and O–H groups in total. The summed E-state index contributed by atoms with van der Waals surface area (Å²) in [7, 11) is 0. The van der Waals surface area contributed by atoms with Gasteiger partial charge in [-0.3, -0.25) is 14.9 Å². The Morgan fingerprint density at radius 1 is 1.22 bits per heavy atom. The number of anilines is 1. The van der Waals surface area contributed by atoms with Crippen LogP contribution in [-0.4, -0.2) is 34.8 Å². The molecule has 1 aromatic carbocycles. The maximum Gasteiger partial charge on any atom is 0.249 e. The molecule has 27 heavy (non-hydrogen) atoms. The van der Waals surface area contributed by atoms with Crippen LogP contribution >= 0.6 is 11.3 Å². The van der Waals surface area contributed by atoms with Crippen molar-refractivity contribution in [3.05, 3.63) is 18.2 Å². The second-order valence-corrected chi connectivity index (χ2v) is 7.23. The van der Waals surface area contributed by atoms with E-state index in [1.807, 2.05) is 32.0 Å². The zero-order chi connectivity index (χ0) is 19.4. The van der Waals surface area contributed by atoms with Crippen LogP contribution in [-0.2, 0) is 9.59 Å². The molecule has 0 fully saturated rings. The summed E-state index contributed by atoms with van der Waals surface area (Å²) in [4.78, 5) is 24.4. The minimum atomic E-state index is -0.611. The highest BCUT2D eigenvalue weighted by Gasteiger charge is 2.26. The van der Waals surface area contributed by atoms with E-state index in [0.717, 1.165) is 12.0 Å². The summed E-state index contributed by atoms with van der Waals surface area (Å²) in [5.41, 5.74) is 0.829. The molecule has 0 unspecified atom stereocenters. The first-order valence-electron chi connectivity index (χ1n) is 8.85. The molecule has 0 spiro atoms. The molecule has 2 atom stereocenters. The molecule has 9 heteroatoms. The Hall–Kier alpha value is -2.68. The monoisotopic (exact) mass is 390 g/mol. The molecule has 0 aliphatic carbocycles. The number of nitrogens with one attached hydrogen (secondary N) is 2. The molecule has 0 bridgehead atoms. The second-order valence-electron chi connectivity index (χ2n) is 6.25. The first-order valence-corrected chi connectivity index (χ1v) is 9.67. The normalized spacial score (nSPS) is 14.5. The molecule has 0 saturated carbocycles. The molecule has 0 radical (unpaired) electrons. The van der Waals surface area contributed by atoms with E-state index in [0.29, 0.717) is 28.1 Å². The Labute approximate surface area is 161 Å². The number of ether oxygens (including phenoxy) is 2. The summed E-state index contributed by atoms with van der Waals surface area (Å²) in [6.45, 7) is 5.87. The Balaban J connectivity index is 1.72. The van der Waals surface area contributed by atoms with E-state index < -0.39 is 6.04 Å². The first-order chi connectivity index (χ1) is 13.0. The van der Waals surface area contributed by atoms with Crippen LogP contribution in [0, 0.1) is 5.92 Å². The molecule has 1 aromatic heterocycles. The van der Waals surface area contributed by atoms with Gasteiger partial charge in [-0.25, -0.2) is 0 Å². The van der Waals surface area contributed by atoms with Gasteiger partial charge in [-0.1, -0.05) is 38.5 Å². The Morgan fingerprint density at radius 2 is 2.00 bits per heavy atom. The third kappa shape index (κ3) is 4.36. The van der Waals surface area contributed by atoms with E-state index >= 15 is 0 Å². The van der Waals surface area contributed by atoms with Crippen LogP contribution < -0.4 is 20.1 Å². The van der Waals surface area contributed by atoms with Crippen molar-refractivity contribution >= 4 is 28.3 Å². The lowest BCUT2D eigenvalue weighted by atomic mass is 9.98. The number of carbonyl (C=O) groups excluding carboxylic acids is 2. The predicted octanol–water partition coefficient (Wildman–Crippen LogP) is 2.81. The number of amides is 2. The lowest BCUT2D eigenvalue weighted by Crippen LogP contribution is -2.47. The van der Waals surface area contributed by atoms with Crippen LogP contribution in [0.5, 0.6) is 11.5 Å². The number of rotatable bonds is 7. The molecule has 0 saturated heterocycles. The van der Waals surface area contributed by atoms with Crippen LogP contribution in [0.25, 0.3) is 10.6 Å². The van der Waals surface area contributed by atoms with Crippen LogP contribution in [0.1, 0.15) is 33.6 Å². The van der Waals surface area contributed by atoms with Crippen molar-refractivity contribution in [1.29, 1.82) is 0 Å². The molecular weight excluding hydrogens is 368 g/mol. The quantitative estimate of drug-likeness (QED) is 0.754. The number of hydrogen-bond acceptors (Lipinski definition) is 7. The number of hydrogen-bond donors (Lipinski definition) is 2. The molecule has 2 heterocycles. The molecular formula is C18H22N4O4S. The topological polar surface area (TPSA) is 102 Å². The van der Waals surface area contributed by atoms with Gasteiger partial charge in [0.2, 0.25) is 23.7 Å². The van der Waals surface area contributed by atoms with Crippen molar-refractivity contribution in [2.24, 2.45) is 5.92 Å². The molecule has 1 aliphatic rings. The van der Waals surface area contributed by atoms with Crippen molar-refractivity contribution in [1.82, 2.24) is 15.5 Å². The second kappa shape index (κ2) is 8.34. The van der Waals surface area contributed by atoms with Gasteiger partial charge in [0.25, 0.3) is 0 Å². The van der Waals surface area contributed by atoms with Crippen LogP contribution in [0.15, 0.2) is 18.2 Å². The summed E-state index contributed by atoms with van der Waals surface area (Å²) in [5.74, 6) is 0.905. The van der Waals surface area contributed by atoms with Crippen LogP contribution in [0.3, 0.4) is 0 Å². The third-order valence-corrected chi connectivity index (χ3v) is 5.30. The maximum atomic E-state index is 12.6. The van der Waals surface area contributed by atoms with Gasteiger partial charge in [-0.2, -0.15) is 0 Å². The van der Waals surface area contributed by atoms with E-state index in [1.165, 1.54) is 11.3 Å². The Kier molecular flexibility index (Phi) is 5.90. The number of carbonyl (C=O) groups is 2. The zero-order valence-electron chi connectivity index (χ0n) is 15.4. The minimum absolute atomic E-state index is 0.00162. The Morgan fingerprint density at radius 3 is 2.74 bits per heavy atom. The predicted molar refractivity (Wildman–Crippen MR) is 102 cm³/mol. The van der Waals surface area contributed by atoms with E-state index in [2.05, 4.69) is 20.8 Å². The van der Waals surface area contributed by atoms with E-state index in [4.69, 9.17) is 9.47 Å². The molecule has 2 amide bonds. The lowest BCUT2D eigenvalue weighted by molar-refractivity contribution is -0.127. The summed E-state index contributed by atoms with van der Waals surface area (Å²) in [5, 5.41) is 14.8. The molecule has 2 aromatic rings. The van der Waals surface area contributed by atoms with Gasteiger partial charge in [0.05, 0.1) is 0 Å². The number of fused-ring (bicyclic) bond motifs is 1.